The third kappa shape index (κ3) is 7.90. The number of amides is 2. The normalized spacial score (nSPS) is 16.4. The van der Waals surface area contributed by atoms with Crippen LogP contribution in [-0.2, 0) is 14.3 Å². The van der Waals surface area contributed by atoms with E-state index in [1.807, 2.05) is 7.05 Å². The minimum atomic E-state index is -0.520. The molecule has 6 heteroatoms. The van der Waals surface area contributed by atoms with Crippen molar-refractivity contribution in [2.24, 2.45) is 5.92 Å². The number of alkyl carbamates (subject to hydrolysis) is 1. The van der Waals surface area contributed by atoms with Gasteiger partial charge in [-0.25, -0.2) is 4.79 Å². The molecule has 6 nitrogen and oxygen atoms in total. The number of nitrogens with zero attached hydrogens (tertiary/aromatic N) is 1. The van der Waals surface area contributed by atoms with Gasteiger partial charge in [0.1, 0.15) is 5.60 Å². The van der Waals surface area contributed by atoms with Gasteiger partial charge in [0.25, 0.3) is 0 Å². The molecule has 0 bridgehead atoms. The molecule has 1 aliphatic heterocycles. The molecular weight excluding hydrogens is 272 g/mol. The van der Waals surface area contributed by atoms with Crippen molar-refractivity contribution >= 4 is 12.0 Å². The Bertz CT molecular complexity index is 346. The number of rotatable bonds is 5. The SMILES string of the molecule is CN(CC1CCOCC1)C(=O)CCNC(=O)OC(C)(C)C. The summed E-state index contributed by atoms with van der Waals surface area (Å²) in [7, 11) is 1.81. The Labute approximate surface area is 127 Å². The Kier molecular flexibility index (Phi) is 6.95. The summed E-state index contributed by atoms with van der Waals surface area (Å²) in [6.07, 6.45) is 1.82. The molecule has 0 unspecified atom stereocenters. The summed E-state index contributed by atoms with van der Waals surface area (Å²) < 4.78 is 10.4. The van der Waals surface area contributed by atoms with E-state index in [2.05, 4.69) is 5.32 Å². The van der Waals surface area contributed by atoms with Crippen LogP contribution in [-0.4, -0.2) is 55.9 Å². The molecule has 0 aromatic carbocycles. The quantitative estimate of drug-likeness (QED) is 0.840. The third-order valence-electron chi connectivity index (χ3n) is 3.31. The third-order valence-corrected chi connectivity index (χ3v) is 3.31. The maximum atomic E-state index is 12.0. The van der Waals surface area contributed by atoms with Gasteiger partial charge in [-0.3, -0.25) is 4.79 Å². The highest BCUT2D eigenvalue weighted by atomic mass is 16.6. The Hall–Kier alpha value is -1.30. The van der Waals surface area contributed by atoms with Gasteiger partial charge in [0, 0.05) is 39.8 Å². The van der Waals surface area contributed by atoms with Crippen molar-refractivity contribution in [1.29, 1.82) is 0 Å². The summed E-state index contributed by atoms with van der Waals surface area (Å²) in [6.45, 7) is 8.04. The van der Waals surface area contributed by atoms with Crippen molar-refractivity contribution < 1.29 is 19.1 Å². The van der Waals surface area contributed by atoms with Crippen LogP contribution in [0.4, 0.5) is 4.79 Å². The molecule has 1 rings (SSSR count). The zero-order valence-corrected chi connectivity index (χ0v) is 13.6. The van der Waals surface area contributed by atoms with Gasteiger partial charge in [0.05, 0.1) is 0 Å². The number of nitrogens with one attached hydrogen (secondary N) is 1. The first-order chi connectivity index (χ1) is 9.78. The van der Waals surface area contributed by atoms with E-state index in [0.717, 1.165) is 32.6 Å². The minimum absolute atomic E-state index is 0.0394. The van der Waals surface area contributed by atoms with Crippen molar-refractivity contribution in [2.45, 2.75) is 45.6 Å². The van der Waals surface area contributed by atoms with E-state index in [0.29, 0.717) is 18.9 Å². The summed E-state index contributed by atoms with van der Waals surface area (Å²) in [5.41, 5.74) is -0.520. The minimum Gasteiger partial charge on any atom is -0.444 e. The lowest BCUT2D eigenvalue weighted by molar-refractivity contribution is -0.130. The largest absolute Gasteiger partial charge is 0.444 e. The van der Waals surface area contributed by atoms with Gasteiger partial charge in [0.2, 0.25) is 5.91 Å². The molecule has 1 N–H and O–H groups in total. The topological polar surface area (TPSA) is 67.9 Å². The summed E-state index contributed by atoms with van der Waals surface area (Å²) in [4.78, 5) is 25.2. The van der Waals surface area contributed by atoms with Gasteiger partial charge in [-0.1, -0.05) is 0 Å². The lowest BCUT2D eigenvalue weighted by Crippen LogP contribution is -2.37. The molecule has 1 saturated heterocycles. The fourth-order valence-corrected chi connectivity index (χ4v) is 2.19. The van der Waals surface area contributed by atoms with Crippen molar-refractivity contribution in [2.75, 3.05) is 33.4 Å². The van der Waals surface area contributed by atoms with Gasteiger partial charge < -0.3 is 19.7 Å². The van der Waals surface area contributed by atoms with E-state index in [1.165, 1.54) is 0 Å². The summed E-state index contributed by atoms with van der Waals surface area (Å²) in [5, 5.41) is 2.60. The summed E-state index contributed by atoms with van der Waals surface area (Å²) in [6, 6.07) is 0. The number of hydrogen-bond acceptors (Lipinski definition) is 4. The first-order valence-electron chi connectivity index (χ1n) is 7.56. The monoisotopic (exact) mass is 300 g/mol. The maximum Gasteiger partial charge on any atom is 0.407 e. The van der Waals surface area contributed by atoms with Gasteiger partial charge in [0.15, 0.2) is 0 Å². The van der Waals surface area contributed by atoms with E-state index in [9.17, 15) is 9.59 Å². The van der Waals surface area contributed by atoms with Crippen molar-refractivity contribution in [3.05, 3.63) is 0 Å². The first-order valence-corrected chi connectivity index (χ1v) is 7.56. The highest BCUT2D eigenvalue weighted by molar-refractivity contribution is 5.77. The number of carbonyl (C=O) groups excluding carboxylic acids is 2. The lowest BCUT2D eigenvalue weighted by Gasteiger charge is -2.27. The van der Waals surface area contributed by atoms with Gasteiger partial charge >= 0.3 is 6.09 Å². The van der Waals surface area contributed by atoms with E-state index in [-0.39, 0.29) is 5.91 Å². The van der Waals surface area contributed by atoms with Crippen LogP contribution in [0.1, 0.15) is 40.0 Å². The second kappa shape index (κ2) is 8.22. The van der Waals surface area contributed by atoms with E-state index in [1.54, 1.807) is 25.7 Å². The number of carbonyl (C=O) groups is 2. The average Bonchev–Trinajstić information content (AvgIpc) is 2.37. The van der Waals surface area contributed by atoms with Crippen LogP contribution in [0.25, 0.3) is 0 Å². The second-order valence-electron chi connectivity index (χ2n) is 6.51. The van der Waals surface area contributed by atoms with Crippen LogP contribution in [0.3, 0.4) is 0 Å². The highest BCUT2D eigenvalue weighted by Gasteiger charge is 2.19. The molecule has 2 amide bonds. The molecular formula is C15H28N2O4. The summed E-state index contributed by atoms with van der Waals surface area (Å²) >= 11 is 0. The number of ether oxygens (including phenoxy) is 2. The van der Waals surface area contributed by atoms with Gasteiger partial charge in [-0.15, -0.1) is 0 Å². The zero-order chi connectivity index (χ0) is 15.9. The van der Waals surface area contributed by atoms with Crippen LogP contribution in [0.15, 0.2) is 0 Å². The molecule has 0 aliphatic carbocycles. The van der Waals surface area contributed by atoms with Gasteiger partial charge in [-0.05, 0) is 39.5 Å². The van der Waals surface area contributed by atoms with Gasteiger partial charge in [-0.2, -0.15) is 0 Å². The van der Waals surface area contributed by atoms with Crippen molar-refractivity contribution in [3.63, 3.8) is 0 Å². The maximum absolute atomic E-state index is 12.0. The molecule has 1 aliphatic rings. The first kappa shape index (κ1) is 17.8. The Morgan fingerprint density at radius 2 is 1.90 bits per heavy atom. The standard InChI is InChI=1S/C15H28N2O4/c1-15(2,3)21-14(19)16-8-5-13(18)17(4)11-12-6-9-20-10-7-12/h12H,5-11H2,1-4H3,(H,16,19). The smallest absolute Gasteiger partial charge is 0.407 e. The highest BCUT2D eigenvalue weighted by Crippen LogP contribution is 2.15. The van der Waals surface area contributed by atoms with E-state index < -0.39 is 11.7 Å². The van der Waals surface area contributed by atoms with Crippen LogP contribution in [0.5, 0.6) is 0 Å². The molecule has 0 aromatic rings. The molecule has 1 heterocycles. The molecule has 0 saturated carbocycles. The van der Waals surface area contributed by atoms with Crippen LogP contribution in [0, 0.1) is 5.92 Å². The van der Waals surface area contributed by atoms with E-state index >= 15 is 0 Å². The molecule has 0 aromatic heterocycles. The predicted octanol–water partition coefficient (Wildman–Crippen LogP) is 1.79. The molecule has 1 fully saturated rings. The molecule has 0 spiro atoms. The fraction of sp³-hybridized carbons (Fsp3) is 0.867. The predicted molar refractivity (Wildman–Crippen MR) is 80.0 cm³/mol. The molecule has 0 atom stereocenters. The molecule has 122 valence electrons. The zero-order valence-electron chi connectivity index (χ0n) is 13.6. The molecule has 21 heavy (non-hydrogen) atoms. The van der Waals surface area contributed by atoms with Crippen LogP contribution >= 0.6 is 0 Å². The number of hydrogen-bond donors (Lipinski definition) is 1. The fourth-order valence-electron chi connectivity index (χ4n) is 2.19. The molecule has 0 radical (unpaired) electrons. The Morgan fingerprint density at radius 1 is 1.29 bits per heavy atom. The Balaban J connectivity index is 2.18. The second-order valence-corrected chi connectivity index (χ2v) is 6.51. The lowest BCUT2D eigenvalue weighted by atomic mass is 10.00. The van der Waals surface area contributed by atoms with Crippen molar-refractivity contribution in [1.82, 2.24) is 10.2 Å². The average molecular weight is 300 g/mol. The summed E-state index contributed by atoms with van der Waals surface area (Å²) in [5.74, 6) is 0.559. The Morgan fingerprint density at radius 3 is 2.48 bits per heavy atom. The van der Waals surface area contributed by atoms with Crippen molar-refractivity contribution in [3.8, 4) is 0 Å². The van der Waals surface area contributed by atoms with Crippen LogP contribution in [0.2, 0.25) is 0 Å². The van der Waals surface area contributed by atoms with E-state index in [4.69, 9.17) is 9.47 Å². The van der Waals surface area contributed by atoms with Crippen LogP contribution < -0.4 is 5.32 Å².